The number of carbonyl (C=O) groups excluding carboxylic acids is 2. The molecule has 0 aliphatic carbocycles. The maximum atomic E-state index is 12.6. The molecule has 0 amide bonds. The summed E-state index contributed by atoms with van der Waals surface area (Å²) < 4.78 is 9.69. The van der Waals surface area contributed by atoms with Gasteiger partial charge in [-0.15, -0.1) is 0 Å². The van der Waals surface area contributed by atoms with Crippen molar-refractivity contribution in [1.29, 1.82) is 0 Å². The lowest BCUT2D eigenvalue weighted by atomic mass is 10.1. The van der Waals surface area contributed by atoms with E-state index in [0.717, 1.165) is 10.5 Å². The van der Waals surface area contributed by atoms with E-state index in [0.29, 0.717) is 10.6 Å². The quantitative estimate of drug-likeness (QED) is 0.358. The van der Waals surface area contributed by atoms with Gasteiger partial charge >= 0.3 is 11.9 Å². The number of hydrogen-bond acceptors (Lipinski definition) is 8. The summed E-state index contributed by atoms with van der Waals surface area (Å²) >= 11 is 1.34. The molecule has 0 unspecified atom stereocenters. The number of nitrogens with zero attached hydrogens (tertiary/aromatic N) is 2. The molecule has 0 fully saturated rings. The molecule has 0 radical (unpaired) electrons. The van der Waals surface area contributed by atoms with Gasteiger partial charge in [0, 0.05) is 28.1 Å². The molecular weight excluding hydrogens is 432 g/mol. The normalized spacial score (nSPS) is 13.0. The molecule has 32 heavy (non-hydrogen) atoms. The number of rotatable bonds is 6. The molecule has 0 N–H and O–H groups in total. The first-order chi connectivity index (χ1) is 15.3. The van der Waals surface area contributed by atoms with Gasteiger partial charge in [-0.25, -0.2) is 9.59 Å². The van der Waals surface area contributed by atoms with E-state index in [1.807, 2.05) is 31.2 Å². The van der Waals surface area contributed by atoms with Crippen LogP contribution < -0.4 is 4.90 Å². The fraction of sp³-hybridized carbons (Fsp3) is 0.130. The molecular formula is C23H20N2O6S. The van der Waals surface area contributed by atoms with Crippen LogP contribution in [0.3, 0.4) is 0 Å². The van der Waals surface area contributed by atoms with Crippen LogP contribution in [0.5, 0.6) is 0 Å². The fourth-order valence-corrected chi connectivity index (χ4v) is 3.88. The number of methoxy groups -OCH3 is 2. The van der Waals surface area contributed by atoms with Crippen molar-refractivity contribution in [1.82, 2.24) is 0 Å². The van der Waals surface area contributed by atoms with Crippen LogP contribution in [-0.2, 0) is 19.1 Å². The molecule has 2 aromatic rings. The SMILES string of the molecule is COC(=O)C1=C(C(=O)OC)N(c2cc(Sc3ccc(C)cc3)cc([N+](=O)[O-])c2)C=CC=C1. The number of hydrogen-bond donors (Lipinski definition) is 0. The van der Waals surface area contributed by atoms with E-state index < -0.39 is 16.9 Å². The summed E-state index contributed by atoms with van der Waals surface area (Å²) in [6.45, 7) is 1.97. The molecule has 0 bridgehead atoms. The summed E-state index contributed by atoms with van der Waals surface area (Å²) in [6.07, 6.45) is 6.12. The Labute approximate surface area is 189 Å². The molecule has 9 heteroatoms. The van der Waals surface area contributed by atoms with Crippen molar-refractivity contribution in [2.24, 2.45) is 0 Å². The molecule has 0 saturated carbocycles. The summed E-state index contributed by atoms with van der Waals surface area (Å²) in [5, 5.41) is 11.6. The van der Waals surface area contributed by atoms with Gasteiger partial charge < -0.3 is 14.4 Å². The fourth-order valence-electron chi connectivity index (χ4n) is 2.98. The highest BCUT2D eigenvalue weighted by Gasteiger charge is 2.28. The van der Waals surface area contributed by atoms with E-state index >= 15 is 0 Å². The number of non-ortho nitro benzene ring substituents is 1. The van der Waals surface area contributed by atoms with Crippen molar-refractivity contribution in [3.63, 3.8) is 0 Å². The smallest absolute Gasteiger partial charge is 0.355 e. The largest absolute Gasteiger partial charge is 0.465 e. The second-order valence-corrected chi connectivity index (χ2v) is 7.82. The van der Waals surface area contributed by atoms with Crippen LogP contribution in [0.25, 0.3) is 0 Å². The highest BCUT2D eigenvalue weighted by molar-refractivity contribution is 7.99. The maximum absolute atomic E-state index is 12.6. The second kappa shape index (κ2) is 9.97. The Morgan fingerprint density at radius 2 is 1.66 bits per heavy atom. The van der Waals surface area contributed by atoms with Gasteiger partial charge in [-0.3, -0.25) is 10.1 Å². The van der Waals surface area contributed by atoms with Gasteiger partial charge in [0.1, 0.15) is 5.70 Å². The highest BCUT2D eigenvalue weighted by Crippen LogP contribution is 2.36. The predicted octanol–water partition coefficient (Wildman–Crippen LogP) is 4.54. The van der Waals surface area contributed by atoms with E-state index in [1.165, 1.54) is 55.3 Å². The molecule has 164 valence electrons. The number of ether oxygens (including phenoxy) is 2. The molecule has 0 saturated heterocycles. The van der Waals surface area contributed by atoms with Crippen molar-refractivity contribution in [3.05, 3.63) is 93.8 Å². The van der Waals surface area contributed by atoms with Gasteiger partial charge in [-0.05, 0) is 37.3 Å². The molecule has 8 nitrogen and oxygen atoms in total. The molecule has 1 aliphatic heterocycles. The van der Waals surface area contributed by atoms with E-state index in [1.54, 1.807) is 18.2 Å². The number of nitro groups is 1. The van der Waals surface area contributed by atoms with Crippen LogP contribution >= 0.6 is 11.8 Å². The standard InChI is InChI=1S/C23H20N2O6S/c1-15-7-9-18(10-8-15)32-19-13-16(12-17(14-19)25(28)29)24-11-5-4-6-20(22(26)30-2)21(24)23(27)31-3/h4-14H,1-3H3. The lowest BCUT2D eigenvalue weighted by molar-refractivity contribution is -0.385. The summed E-state index contributed by atoms with van der Waals surface area (Å²) in [6, 6.07) is 12.2. The third-order valence-corrected chi connectivity index (χ3v) is 5.49. The van der Waals surface area contributed by atoms with Crippen molar-refractivity contribution < 1.29 is 24.0 Å². The zero-order valence-corrected chi connectivity index (χ0v) is 18.4. The minimum Gasteiger partial charge on any atom is -0.465 e. The van der Waals surface area contributed by atoms with Crippen LogP contribution in [0, 0.1) is 17.0 Å². The molecule has 0 spiro atoms. The molecule has 1 heterocycles. The summed E-state index contributed by atoms with van der Waals surface area (Å²) in [7, 11) is 2.39. The topological polar surface area (TPSA) is 99.0 Å². The van der Waals surface area contributed by atoms with Crippen molar-refractivity contribution >= 4 is 35.1 Å². The van der Waals surface area contributed by atoms with Gasteiger partial charge in [0.25, 0.3) is 5.69 Å². The van der Waals surface area contributed by atoms with Crippen LogP contribution in [0.1, 0.15) is 5.56 Å². The van der Waals surface area contributed by atoms with Gasteiger partial charge in [0.2, 0.25) is 0 Å². The third kappa shape index (κ3) is 5.06. The van der Waals surface area contributed by atoms with Gasteiger partial charge in [0.15, 0.2) is 0 Å². The summed E-state index contributed by atoms with van der Waals surface area (Å²) in [5.41, 5.74) is 1.10. The lowest BCUT2D eigenvalue weighted by Gasteiger charge is -2.23. The van der Waals surface area contributed by atoms with E-state index in [2.05, 4.69) is 0 Å². The van der Waals surface area contributed by atoms with E-state index in [4.69, 9.17) is 9.47 Å². The zero-order valence-electron chi connectivity index (χ0n) is 17.6. The summed E-state index contributed by atoms with van der Waals surface area (Å²) in [4.78, 5) is 38.9. The predicted molar refractivity (Wildman–Crippen MR) is 120 cm³/mol. The number of carbonyl (C=O) groups is 2. The first-order valence-corrected chi connectivity index (χ1v) is 10.2. The van der Waals surface area contributed by atoms with Crippen LogP contribution in [0.15, 0.2) is 88.0 Å². The van der Waals surface area contributed by atoms with E-state index in [9.17, 15) is 19.7 Å². The van der Waals surface area contributed by atoms with Crippen LogP contribution in [-0.4, -0.2) is 31.1 Å². The second-order valence-electron chi connectivity index (χ2n) is 6.67. The van der Waals surface area contributed by atoms with E-state index in [-0.39, 0.29) is 17.0 Å². The van der Waals surface area contributed by atoms with Gasteiger partial charge in [-0.1, -0.05) is 35.5 Å². The Balaban J connectivity index is 2.15. The monoisotopic (exact) mass is 452 g/mol. The van der Waals surface area contributed by atoms with Crippen molar-refractivity contribution in [3.8, 4) is 0 Å². The highest BCUT2D eigenvalue weighted by atomic mass is 32.2. The Morgan fingerprint density at radius 1 is 0.969 bits per heavy atom. The Kier molecular flexibility index (Phi) is 7.11. The third-order valence-electron chi connectivity index (χ3n) is 4.51. The Bertz CT molecular complexity index is 1150. The average Bonchev–Trinajstić information content (AvgIpc) is 3.02. The van der Waals surface area contributed by atoms with Crippen LogP contribution in [0.4, 0.5) is 11.4 Å². The number of nitro benzene ring substituents is 1. The Morgan fingerprint density at radius 3 is 2.28 bits per heavy atom. The molecule has 1 aliphatic rings. The van der Waals surface area contributed by atoms with Crippen LogP contribution in [0.2, 0.25) is 0 Å². The molecule has 0 aromatic heterocycles. The molecule has 2 aromatic carbocycles. The molecule has 0 atom stereocenters. The minimum absolute atomic E-state index is 0.0383. The molecule has 3 rings (SSSR count). The first-order valence-electron chi connectivity index (χ1n) is 9.43. The zero-order chi connectivity index (χ0) is 23.3. The number of allylic oxidation sites excluding steroid dienone is 2. The number of esters is 2. The van der Waals surface area contributed by atoms with Crippen molar-refractivity contribution in [2.75, 3.05) is 19.1 Å². The first kappa shape index (κ1) is 22.8. The summed E-state index contributed by atoms with van der Waals surface area (Å²) in [5.74, 6) is -1.53. The lowest BCUT2D eigenvalue weighted by Crippen LogP contribution is -2.27. The number of anilines is 1. The van der Waals surface area contributed by atoms with Crippen molar-refractivity contribution in [2.45, 2.75) is 16.7 Å². The maximum Gasteiger partial charge on any atom is 0.355 e. The number of benzene rings is 2. The number of aryl methyl sites for hydroxylation is 1. The average molecular weight is 452 g/mol. The minimum atomic E-state index is -0.791. The Hall–Kier alpha value is -3.85. The van der Waals surface area contributed by atoms with Gasteiger partial charge in [0.05, 0.1) is 30.4 Å². The van der Waals surface area contributed by atoms with Gasteiger partial charge in [-0.2, -0.15) is 0 Å².